The highest BCUT2D eigenvalue weighted by Crippen LogP contribution is 2.16. The van der Waals surface area contributed by atoms with Crippen molar-refractivity contribution in [3.05, 3.63) is 18.2 Å². The van der Waals surface area contributed by atoms with Crippen LogP contribution in [0.3, 0.4) is 0 Å². The van der Waals surface area contributed by atoms with Crippen LogP contribution < -0.4 is 10.6 Å². The molecule has 1 aliphatic heterocycles. The Bertz CT molecular complexity index is 324. The summed E-state index contributed by atoms with van der Waals surface area (Å²) in [5.41, 5.74) is 0. The van der Waals surface area contributed by atoms with E-state index in [1.807, 2.05) is 25.2 Å². The molecule has 0 bridgehead atoms. The molecule has 1 aromatic heterocycles. The van der Waals surface area contributed by atoms with E-state index in [0.717, 1.165) is 43.7 Å². The van der Waals surface area contributed by atoms with E-state index in [1.54, 1.807) is 0 Å². The maximum Gasteiger partial charge on any atom is 0.128 e. The standard InChI is InChI=1S/C12H19N3O/c1-13-11-3-2-4-12(15-11)14-7-5-10-6-8-16-9-10/h2-4,10H,5-9H2,1H3,(H2,13,14,15). The Morgan fingerprint density at radius 1 is 1.44 bits per heavy atom. The van der Waals surface area contributed by atoms with Crippen LogP contribution in [0.5, 0.6) is 0 Å². The summed E-state index contributed by atoms with van der Waals surface area (Å²) < 4.78 is 5.34. The average Bonchev–Trinajstić information content (AvgIpc) is 2.82. The molecule has 2 N–H and O–H groups in total. The Hall–Kier alpha value is -1.29. The first kappa shape index (κ1) is 11.2. The molecule has 0 aliphatic carbocycles. The van der Waals surface area contributed by atoms with Crippen molar-refractivity contribution in [3.63, 3.8) is 0 Å². The van der Waals surface area contributed by atoms with Crippen LogP contribution in [0.25, 0.3) is 0 Å². The fraction of sp³-hybridized carbons (Fsp3) is 0.583. The summed E-state index contributed by atoms with van der Waals surface area (Å²) in [7, 11) is 1.88. The van der Waals surface area contributed by atoms with Gasteiger partial charge in [-0.3, -0.25) is 0 Å². The van der Waals surface area contributed by atoms with Crippen molar-refractivity contribution in [2.45, 2.75) is 12.8 Å². The molecule has 2 heterocycles. The summed E-state index contributed by atoms with van der Waals surface area (Å²) in [5, 5.41) is 6.37. The van der Waals surface area contributed by atoms with Crippen LogP contribution in [0, 0.1) is 5.92 Å². The second-order valence-electron chi connectivity index (χ2n) is 4.10. The first-order valence-electron chi connectivity index (χ1n) is 5.85. The van der Waals surface area contributed by atoms with Crippen LogP contribution in [-0.4, -0.2) is 31.8 Å². The van der Waals surface area contributed by atoms with E-state index >= 15 is 0 Å². The molecule has 0 spiro atoms. The molecule has 0 radical (unpaired) electrons. The smallest absolute Gasteiger partial charge is 0.128 e. The van der Waals surface area contributed by atoms with Crippen LogP contribution in [0.15, 0.2) is 18.2 Å². The first-order chi connectivity index (χ1) is 7.88. The molecular weight excluding hydrogens is 202 g/mol. The van der Waals surface area contributed by atoms with E-state index in [0.29, 0.717) is 0 Å². The quantitative estimate of drug-likeness (QED) is 0.798. The van der Waals surface area contributed by atoms with Gasteiger partial charge in [-0.1, -0.05) is 6.07 Å². The zero-order valence-corrected chi connectivity index (χ0v) is 9.70. The monoisotopic (exact) mass is 221 g/mol. The Balaban J connectivity index is 1.75. The van der Waals surface area contributed by atoms with Crippen molar-refractivity contribution in [3.8, 4) is 0 Å². The molecule has 1 aliphatic rings. The van der Waals surface area contributed by atoms with Crippen molar-refractivity contribution in [2.75, 3.05) is 37.4 Å². The molecule has 0 saturated carbocycles. The number of rotatable bonds is 5. The molecule has 0 aromatic carbocycles. The van der Waals surface area contributed by atoms with Crippen LogP contribution in [0.1, 0.15) is 12.8 Å². The van der Waals surface area contributed by atoms with E-state index in [9.17, 15) is 0 Å². The van der Waals surface area contributed by atoms with E-state index < -0.39 is 0 Å². The number of nitrogens with one attached hydrogen (secondary N) is 2. The summed E-state index contributed by atoms with van der Waals surface area (Å²) in [6.07, 6.45) is 2.36. The molecule has 4 heteroatoms. The predicted octanol–water partition coefficient (Wildman–Crippen LogP) is 1.96. The molecule has 2 rings (SSSR count). The predicted molar refractivity (Wildman–Crippen MR) is 65.8 cm³/mol. The number of nitrogens with zero attached hydrogens (tertiary/aromatic N) is 1. The molecule has 1 saturated heterocycles. The van der Waals surface area contributed by atoms with Crippen molar-refractivity contribution < 1.29 is 4.74 Å². The zero-order valence-electron chi connectivity index (χ0n) is 9.70. The summed E-state index contributed by atoms with van der Waals surface area (Å²) in [4.78, 5) is 4.40. The van der Waals surface area contributed by atoms with E-state index in [1.165, 1.54) is 6.42 Å². The Labute approximate surface area is 96.4 Å². The van der Waals surface area contributed by atoms with Crippen LogP contribution in [-0.2, 0) is 4.74 Å². The summed E-state index contributed by atoms with van der Waals surface area (Å²) in [6.45, 7) is 2.82. The lowest BCUT2D eigenvalue weighted by Crippen LogP contribution is -2.10. The van der Waals surface area contributed by atoms with Crippen molar-refractivity contribution in [2.24, 2.45) is 5.92 Å². The van der Waals surface area contributed by atoms with Gasteiger partial charge in [0.25, 0.3) is 0 Å². The topological polar surface area (TPSA) is 46.2 Å². The highest BCUT2D eigenvalue weighted by molar-refractivity contribution is 5.44. The number of anilines is 2. The Morgan fingerprint density at radius 2 is 2.31 bits per heavy atom. The maximum absolute atomic E-state index is 5.34. The van der Waals surface area contributed by atoms with Crippen molar-refractivity contribution in [1.29, 1.82) is 0 Å². The molecule has 16 heavy (non-hydrogen) atoms. The molecule has 1 fully saturated rings. The van der Waals surface area contributed by atoms with Crippen LogP contribution in [0.2, 0.25) is 0 Å². The van der Waals surface area contributed by atoms with Crippen molar-refractivity contribution >= 4 is 11.6 Å². The molecule has 4 nitrogen and oxygen atoms in total. The maximum atomic E-state index is 5.34. The third-order valence-corrected chi connectivity index (χ3v) is 2.89. The molecule has 1 unspecified atom stereocenters. The number of hydrogen-bond donors (Lipinski definition) is 2. The van der Waals surface area contributed by atoms with E-state index in [2.05, 4.69) is 15.6 Å². The van der Waals surface area contributed by atoms with Crippen LogP contribution in [0.4, 0.5) is 11.6 Å². The van der Waals surface area contributed by atoms with Gasteiger partial charge in [0.1, 0.15) is 11.6 Å². The lowest BCUT2D eigenvalue weighted by atomic mass is 10.1. The summed E-state index contributed by atoms with van der Waals surface area (Å²) >= 11 is 0. The minimum Gasteiger partial charge on any atom is -0.381 e. The number of ether oxygens (including phenoxy) is 1. The van der Waals surface area contributed by atoms with Gasteiger partial charge in [0.2, 0.25) is 0 Å². The third kappa shape index (κ3) is 3.10. The van der Waals surface area contributed by atoms with Gasteiger partial charge in [-0.2, -0.15) is 0 Å². The Kier molecular flexibility index (Phi) is 3.99. The molecule has 88 valence electrons. The third-order valence-electron chi connectivity index (χ3n) is 2.89. The minimum absolute atomic E-state index is 0.722. The van der Waals surface area contributed by atoms with Gasteiger partial charge >= 0.3 is 0 Å². The fourth-order valence-corrected chi connectivity index (χ4v) is 1.89. The van der Waals surface area contributed by atoms with Gasteiger partial charge in [-0.05, 0) is 30.9 Å². The summed E-state index contributed by atoms with van der Waals surface area (Å²) in [5.74, 6) is 2.56. The van der Waals surface area contributed by atoms with Gasteiger partial charge in [-0.15, -0.1) is 0 Å². The highest BCUT2D eigenvalue weighted by Gasteiger charge is 2.14. The lowest BCUT2D eigenvalue weighted by molar-refractivity contribution is 0.185. The first-order valence-corrected chi connectivity index (χ1v) is 5.85. The Morgan fingerprint density at radius 3 is 3.06 bits per heavy atom. The lowest BCUT2D eigenvalue weighted by Gasteiger charge is -2.09. The molecule has 1 aromatic rings. The normalized spacial score (nSPS) is 19.7. The van der Waals surface area contributed by atoms with E-state index in [-0.39, 0.29) is 0 Å². The molecule has 0 amide bonds. The second-order valence-corrected chi connectivity index (χ2v) is 4.10. The van der Waals surface area contributed by atoms with Gasteiger partial charge in [-0.25, -0.2) is 4.98 Å². The van der Waals surface area contributed by atoms with Gasteiger partial charge in [0.05, 0.1) is 0 Å². The van der Waals surface area contributed by atoms with Gasteiger partial charge in [0, 0.05) is 26.8 Å². The molecular formula is C12H19N3O. The number of pyridine rings is 1. The van der Waals surface area contributed by atoms with Gasteiger partial charge in [0.15, 0.2) is 0 Å². The average molecular weight is 221 g/mol. The SMILES string of the molecule is CNc1cccc(NCCC2CCOC2)n1. The van der Waals surface area contributed by atoms with Crippen LogP contribution >= 0.6 is 0 Å². The zero-order chi connectivity index (χ0) is 11.2. The number of hydrogen-bond acceptors (Lipinski definition) is 4. The van der Waals surface area contributed by atoms with E-state index in [4.69, 9.17) is 4.74 Å². The highest BCUT2D eigenvalue weighted by atomic mass is 16.5. The fourth-order valence-electron chi connectivity index (χ4n) is 1.89. The minimum atomic E-state index is 0.722. The number of aromatic nitrogens is 1. The second kappa shape index (κ2) is 5.70. The van der Waals surface area contributed by atoms with Crippen molar-refractivity contribution in [1.82, 2.24) is 4.98 Å². The largest absolute Gasteiger partial charge is 0.381 e. The van der Waals surface area contributed by atoms with Gasteiger partial charge < -0.3 is 15.4 Å². The summed E-state index contributed by atoms with van der Waals surface area (Å²) in [6, 6.07) is 5.95. The molecule has 1 atom stereocenters.